The maximum absolute atomic E-state index is 14.8. The zero-order valence-corrected chi connectivity index (χ0v) is 20.2. The van der Waals surface area contributed by atoms with Crippen LogP contribution in [0.15, 0.2) is 23.0 Å². The number of aromatic amines is 1. The maximum atomic E-state index is 14.8. The Morgan fingerprint density at radius 2 is 1.89 bits per heavy atom. The van der Waals surface area contributed by atoms with Crippen molar-refractivity contribution in [2.45, 2.75) is 20.4 Å². The van der Waals surface area contributed by atoms with Crippen LogP contribution in [0, 0.1) is 31.4 Å². The number of nitrogens with one attached hydrogen (secondary N) is 2. The molecule has 2 aromatic heterocycles. The first-order chi connectivity index (χ1) is 17.3. The Labute approximate surface area is 206 Å². The van der Waals surface area contributed by atoms with E-state index in [0.29, 0.717) is 57.5 Å². The van der Waals surface area contributed by atoms with Gasteiger partial charge in [-0.2, -0.15) is 0 Å². The Kier molecular flexibility index (Phi) is 6.67. The number of aromatic nitrogens is 3. The fraction of sp³-hybridized carbons (Fsp3) is 0.440. The van der Waals surface area contributed by atoms with Crippen molar-refractivity contribution >= 4 is 22.6 Å². The second kappa shape index (κ2) is 9.90. The van der Waals surface area contributed by atoms with Crippen molar-refractivity contribution in [2.75, 3.05) is 50.8 Å². The molecule has 0 aliphatic carbocycles. The molecule has 0 saturated carbocycles. The van der Waals surface area contributed by atoms with Gasteiger partial charge < -0.3 is 19.9 Å². The fourth-order valence-corrected chi connectivity index (χ4v) is 4.50. The molecular weight excluding hydrogens is 470 g/mol. The number of fused-ring (bicyclic) bond motifs is 1. The molecule has 0 radical (unpaired) electrons. The lowest BCUT2D eigenvalue weighted by Crippen LogP contribution is -2.47. The summed E-state index contributed by atoms with van der Waals surface area (Å²) >= 11 is 0. The molecule has 2 fully saturated rings. The SMILES string of the molecule is Cc1ccc(N2CCN(Cc3cc4[nH]c(=O)c(C)nc4c(F)c3F)CC2)c(C(=O)NCC2COC2)n1. The van der Waals surface area contributed by atoms with Crippen LogP contribution in [-0.2, 0) is 11.3 Å². The van der Waals surface area contributed by atoms with Gasteiger partial charge in [-0.3, -0.25) is 14.5 Å². The number of amides is 1. The predicted molar refractivity (Wildman–Crippen MR) is 130 cm³/mol. The number of H-pyrrole nitrogens is 1. The van der Waals surface area contributed by atoms with E-state index in [1.54, 1.807) is 0 Å². The summed E-state index contributed by atoms with van der Waals surface area (Å²) in [7, 11) is 0. The number of ether oxygens (including phenoxy) is 1. The normalized spacial score (nSPS) is 16.8. The second-order valence-corrected chi connectivity index (χ2v) is 9.41. The number of benzene rings is 1. The van der Waals surface area contributed by atoms with Crippen LogP contribution in [0.2, 0.25) is 0 Å². The minimum atomic E-state index is -1.06. The van der Waals surface area contributed by atoms with Crippen molar-refractivity contribution in [3.63, 3.8) is 0 Å². The van der Waals surface area contributed by atoms with Crippen molar-refractivity contribution in [3.8, 4) is 0 Å². The zero-order chi connectivity index (χ0) is 25.4. The van der Waals surface area contributed by atoms with E-state index in [4.69, 9.17) is 4.74 Å². The second-order valence-electron chi connectivity index (χ2n) is 9.41. The van der Waals surface area contributed by atoms with Crippen molar-refractivity contribution < 1.29 is 18.3 Å². The minimum Gasteiger partial charge on any atom is -0.381 e. The molecule has 4 heterocycles. The van der Waals surface area contributed by atoms with Crippen LogP contribution >= 0.6 is 0 Å². The molecule has 190 valence electrons. The van der Waals surface area contributed by atoms with E-state index in [1.807, 2.05) is 24.0 Å². The molecule has 2 aliphatic rings. The molecule has 0 bridgehead atoms. The number of aryl methyl sites for hydroxylation is 2. The molecular formula is C25H28F2N6O3. The number of nitrogens with zero attached hydrogens (tertiary/aromatic N) is 4. The molecule has 11 heteroatoms. The molecule has 0 spiro atoms. The first-order valence-electron chi connectivity index (χ1n) is 12.0. The highest BCUT2D eigenvalue weighted by Gasteiger charge is 2.26. The summed E-state index contributed by atoms with van der Waals surface area (Å²) in [5.74, 6) is -1.89. The lowest BCUT2D eigenvalue weighted by atomic mass is 10.1. The van der Waals surface area contributed by atoms with Crippen molar-refractivity contribution in [1.82, 2.24) is 25.2 Å². The third-order valence-electron chi connectivity index (χ3n) is 6.71. The molecule has 3 aromatic rings. The van der Waals surface area contributed by atoms with Crippen LogP contribution in [0.3, 0.4) is 0 Å². The summed E-state index contributed by atoms with van der Waals surface area (Å²) in [6, 6.07) is 5.23. The average molecular weight is 499 g/mol. The largest absolute Gasteiger partial charge is 0.381 e. The third kappa shape index (κ3) is 4.80. The zero-order valence-electron chi connectivity index (χ0n) is 20.2. The highest BCUT2D eigenvalue weighted by atomic mass is 19.2. The van der Waals surface area contributed by atoms with E-state index in [0.717, 1.165) is 11.4 Å². The number of carbonyl (C=O) groups excluding carboxylic acids is 1. The van der Waals surface area contributed by atoms with Gasteiger partial charge in [0, 0.05) is 56.4 Å². The van der Waals surface area contributed by atoms with Gasteiger partial charge in [0.05, 0.1) is 24.4 Å². The van der Waals surface area contributed by atoms with Crippen LogP contribution in [0.5, 0.6) is 0 Å². The fourth-order valence-electron chi connectivity index (χ4n) is 4.50. The number of hydrogen-bond donors (Lipinski definition) is 2. The molecule has 2 saturated heterocycles. The lowest BCUT2D eigenvalue weighted by Gasteiger charge is -2.36. The highest BCUT2D eigenvalue weighted by Crippen LogP contribution is 2.25. The van der Waals surface area contributed by atoms with Crippen LogP contribution in [-0.4, -0.2) is 71.7 Å². The van der Waals surface area contributed by atoms with E-state index in [9.17, 15) is 18.4 Å². The molecule has 1 aromatic carbocycles. The number of pyridine rings is 1. The van der Waals surface area contributed by atoms with E-state index in [1.165, 1.54) is 13.0 Å². The quantitative estimate of drug-likeness (QED) is 0.535. The van der Waals surface area contributed by atoms with Crippen LogP contribution in [0.25, 0.3) is 11.0 Å². The molecule has 2 N–H and O–H groups in total. The topological polar surface area (TPSA) is 103 Å². The van der Waals surface area contributed by atoms with Gasteiger partial charge in [0.25, 0.3) is 11.5 Å². The third-order valence-corrected chi connectivity index (χ3v) is 6.71. The number of hydrogen-bond acceptors (Lipinski definition) is 7. The summed E-state index contributed by atoms with van der Waals surface area (Å²) in [6.07, 6.45) is 0. The Bertz CT molecular complexity index is 1370. The van der Waals surface area contributed by atoms with Gasteiger partial charge >= 0.3 is 0 Å². The summed E-state index contributed by atoms with van der Waals surface area (Å²) in [5, 5.41) is 2.96. The Hall–Kier alpha value is -3.44. The Morgan fingerprint density at radius 1 is 1.14 bits per heavy atom. The molecule has 0 unspecified atom stereocenters. The molecule has 2 aliphatic heterocycles. The van der Waals surface area contributed by atoms with Crippen molar-refractivity contribution in [3.05, 3.63) is 62.8 Å². The summed E-state index contributed by atoms with van der Waals surface area (Å²) in [4.78, 5) is 39.8. The van der Waals surface area contributed by atoms with Gasteiger partial charge in [0.1, 0.15) is 11.2 Å². The van der Waals surface area contributed by atoms with Gasteiger partial charge in [-0.25, -0.2) is 18.7 Å². The average Bonchev–Trinajstić information content (AvgIpc) is 2.83. The highest BCUT2D eigenvalue weighted by molar-refractivity contribution is 5.98. The van der Waals surface area contributed by atoms with Gasteiger partial charge in [0.2, 0.25) is 0 Å². The van der Waals surface area contributed by atoms with Gasteiger partial charge in [-0.1, -0.05) is 0 Å². The maximum Gasteiger partial charge on any atom is 0.272 e. The predicted octanol–water partition coefficient (Wildman–Crippen LogP) is 1.91. The molecule has 0 atom stereocenters. The van der Waals surface area contributed by atoms with E-state index in [-0.39, 0.29) is 34.7 Å². The van der Waals surface area contributed by atoms with Crippen LogP contribution in [0.4, 0.5) is 14.5 Å². The number of rotatable bonds is 6. The first kappa shape index (κ1) is 24.3. The molecule has 9 nitrogen and oxygen atoms in total. The Morgan fingerprint density at radius 3 is 2.58 bits per heavy atom. The van der Waals surface area contributed by atoms with E-state index >= 15 is 0 Å². The smallest absolute Gasteiger partial charge is 0.272 e. The van der Waals surface area contributed by atoms with E-state index in [2.05, 4.69) is 25.2 Å². The number of carbonyl (C=O) groups is 1. The lowest BCUT2D eigenvalue weighted by molar-refractivity contribution is -0.0299. The number of piperazine rings is 1. The van der Waals surface area contributed by atoms with Gasteiger partial charge in [-0.15, -0.1) is 0 Å². The first-order valence-corrected chi connectivity index (χ1v) is 12.0. The number of halogens is 2. The monoisotopic (exact) mass is 498 g/mol. The molecule has 36 heavy (non-hydrogen) atoms. The van der Waals surface area contributed by atoms with Crippen LogP contribution in [0.1, 0.15) is 27.4 Å². The Balaban J connectivity index is 1.28. The molecule has 5 rings (SSSR count). The minimum absolute atomic E-state index is 0.0837. The van der Waals surface area contributed by atoms with Crippen molar-refractivity contribution in [2.24, 2.45) is 5.92 Å². The van der Waals surface area contributed by atoms with E-state index < -0.39 is 17.2 Å². The summed E-state index contributed by atoms with van der Waals surface area (Å²) in [5.41, 5.74) is 1.70. The van der Waals surface area contributed by atoms with Gasteiger partial charge in [-0.05, 0) is 32.0 Å². The molecule has 1 amide bonds. The van der Waals surface area contributed by atoms with Gasteiger partial charge in [0.15, 0.2) is 17.3 Å². The summed E-state index contributed by atoms with van der Waals surface area (Å²) < 4.78 is 34.6. The van der Waals surface area contributed by atoms with Crippen molar-refractivity contribution in [1.29, 1.82) is 0 Å². The standard InChI is InChI=1S/C25H28F2N6O3/c1-14-3-4-19(23(29-14)25(35)28-10-16-12-36-13-16)33-7-5-32(6-8-33)11-17-9-18-22(21(27)20(17)26)30-15(2)24(34)31-18/h3-4,9,16H,5-8,10-13H2,1-2H3,(H,28,35)(H,31,34). The van der Waals surface area contributed by atoms with Crippen LogP contribution < -0.4 is 15.8 Å². The number of anilines is 1. The summed E-state index contributed by atoms with van der Waals surface area (Å²) in [6.45, 7) is 7.69.